The first-order chi connectivity index (χ1) is 8.24. The number of aromatic nitrogens is 1. The van der Waals surface area contributed by atoms with Crippen LogP contribution >= 0.6 is 11.3 Å². The predicted molar refractivity (Wildman–Crippen MR) is 68.8 cm³/mol. The third kappa shape index (κ3) is 1.91. The fourth-order valence-corrected chi connectivity index (χ4v) is 3.48. The van der Waals surface area contributed by atoms with Crippen LogP contribution in [0.25, 0.3) is 0 Å². The van der Waals surface area contributed by atoms with E-state index in [2.05, 4.69) is 11.1 Å². The summed E-state index contributed by atoms with van der Waals surface area (Å²) in [6.45, 7) is 1.96. The molecule has 0 aliphatic heterocycles. The van der Waals surface area contributed by atoms with Gasteiger partial charge in [-0.05, 0) is 49.4 Å². The fraction of sp³-hybridized carbons (Fsp3) is 0.286. The van der Waals surface area contributed by atoms with Crippen LogP contribution in [0, 0.1) is 6.92 Å². The largest absolute Gasteiger partial charge is 0.288 e. The quantitative estimate of drug-likeness (QED) is 0.758. The van der Waals surface area contributed by atoms with Crippen molar-refractivity contribution in [2.45, 2.75) is 26.2 Å². The fourth-order valence-electron chi connectivity index (χ4n) is 2.26. The van der Waals surface area contributed by atoms with Crippen LogP contribution in [-0.4, -0.2) is 10.8 Å². The molecule has 0 bridgehead atoms. The Balaban J connectivity index is 1.96. The predicted octanol–water partition coefficient (Wildman–Crippen LogP) is 3.17. The standard InChI is InChI=1S/C14H13NOS/c1-9-5-11(8-15-7-9)14(16)13-6-10-3-2-4-12(10)17-13/h5-8H,2-4H2,1H3. The third-order valence-electron chi connectivity index (χ3n) is 3.11. The number of hydrogen-bond donors (Lipinski definition) is 0. The number of nitrogens with zero attached hydrogens (tertiary/aromatic N) is 1. The smallest absolute Gasteiger partial charge is 0.204 e. The molecule has 2 nitrogen and oxygen atoms in total. The molecule has 1 aliphatic carbocycles. The summed E-state index contributed by atoms with van der Waals surface area (Å²) in [6.07, 6.45) is 6.93. The number of aryl methyl sites for hydroxylation is 3. The van der Waals surface area contributed by atoms with Crippen LogP contribution in [-0.2, 0) is 12.8 Å². The van der Waals surface area contributed by atoms with Crippen molar-refractivity contribution in [3.8, 4) is 0 Å². The van der Waals surface area contributed by atoms with Crippen LogP contribution in [0.3, 0.4) is 0 Å². The first-order valence-corrected chi connectivity index (χ1v) is 6.63. The Morgan fingerprint density at radius 1 is 1.29 bits per heavy atom. The zero-order valence-electron chi connectivity index (χ0n) is 9.69. The van der Waals surface area contributed by atoms with Crippen LogP contribution in [0.4, 0.5) is 0 Å². The van der Waals surface area contributed by atoms with Gasteiger partial charge < -0.3 is 0 Å². The molecule has 0 aromatic carbocycles. The van der Waals surface area contributed by atoms with E-state index in [1.807, 2.05) is 13.0 Å². The van der Waals surface area contributed by atoms with Crippen molar-refractivity contribution in [2.75, 3.05) is 0 Å². The molecule has 0 spiro atoms. The minimum Gasteiger partial charge on any atom is -0.288 e. The summed E-state index contributed by atoms with van der Waals surface area (Å²) >= 11 is 1.65. The minimum atomic E-state index is 0.112. The second-order valence-electron chi connectivity index (χ2n) is 4.49. The molecule has 3 heteroatoms. The lowest BCUT2D eigenvalue weighted by Gasteiger charge is -1.99. The molecular weight excluding hydrogens is 230 g/mol. The summed E-state index contributed by atoms with van der Waals surface area (Å²) in [7, 11) is 0. The van der Waals surface area contributed by atoms with Crippen molar-refractivity contribution in [3.05, 3.63) is 51.0 Å². The van der Waals surface area contributed by atoms with Gasteiger partial charge in [0.1, 0.15) is 0 Å². The van der Waals surface area contributed by atoms with Crippen molar-refractivity contribution >= 4 is 17.1 Å². The summed E-state index contributed by atoms with van der Waals surface area (Å²) in [6, 6.07) is 3.97. The van der Waals surface area contributed by atoms with Gasteiger partial charge in [-0.1, -0.05) is 0 Å². The van der Waals surface area contributed by atoms with Gasteiger partial charge in [0.2, 0.25) is 5.78 Å². The highest BCUT2D eigenvalue weighted by molar-refractivity contribution is 7.14. The highest BCUT2D eigenvalue weighted by Crippen LogP contribution is 2.31. The van der Waals surface area contributed by atoms with Gasteiger partial charge in [0.05, 0.1) is 4.88 Å². The van der Waals surface area contributed by atoms with Crippen LogP contribution in [0.2, 0.25) is 0 Å². The molecule has 1 aliphatic rings. The number of carbonyl (C=O) groups excluding carboxylic acids is 1. The lowest BCUT2D eigenvalue weighted by atomic mass is 10.1. The first kappa shape index (κ1) is 10.7. The molecule has 0 saturated carbocycles. The van der Waals surface area contributed by atoms with Gasteiger partial charge in [0, 0.05) is 22.8 Å². The van der Waals surface area contributed by atoms with Crippen LogP contribution in [0.5, 0.6) is 0 Å². The molecule has 0 amide bonds. The minimum absolute atomic E-state index is 0.112. The molecule has 2 heterocycles. The van der Waals surface area contributed by atoms with Crippen molar-refractivity contribution < 1.29 is 4.79 Å². The SMILES string of the molecule is Cc1cncc(C(=O)c2cc3c(s2)CCC3)c1. The summed E-state index contributed by atoms with van der Waals surface area (Å²) in [4.78, 5) is 18.6. The Morgan fingerprint density at radius 3 is 2.94 bits per heavy atom. The Kier molecular flexibility index (Phi) is 2.56. The maximum Gasteiger partial charge on any atom is 0.204 e. The lowest BCUT2D eigenvalue weighted by Crippen LogP contribution is -1.99. The third-order valence-corrected chi connectivity index (χ3v) is 4.34. The molecule has 0 radical (unpaired) electrons. The summed E-state index contributed by atoms with van der Waals surface area (Å²) in [5.74, 6) is 0.112. The van der Waals surface area contributed by atoms with Crippen LogP contribution in [0.15, 0.2) is 24.5 Å². The van der Waals surface area contributed by atoms with Crippen LogP contribution in [0.1, 0.15) is 37.7 Å². The normalized spacial score (nSPS) is 13.7. The molecule has 0 atom stereocenters. The zero-order valence-corrected chi connectivity index (χ0v) is 10.5. The molecule has 2 aromatic heterocycles. The van der Waals surface area contributed by atoms with Gasteiger partial charge in [0.15, 0.2) is 0 Å². The van der Waals surface area contributed by atoms with E-state index in [1.54, 1.807) is 23.7 Å². The second kappa shape index (κ2) is 4.08. The van der Waals surface area contributed by atoms with Gasteiger partial charge in [-0.15, -0.1) is 11.3 Å². The van der Waals surface area contributed by atoms with Crippen molar-refractivity contribution in [2.24, 2.45) is 0 Å². The number of rotatable bonds is 2. The average molecular weight is 243 g/mol. The molecule has 3 rings (SSSR count). The summed E-state index contributed by atoms with van der Waals surface area (Å²) in [5, 5.41) is 0. The molecule has 0 saturated heterocycles. The summed E-state index contributed by atoms with van der Waals surface area (Å²) in [5.41, 5.74) is 3.10. The van der Waals surface area contributed by atoms with Crippen molar-refractivity contribution in [1.29, 1.82) is 0 Å². The van der Waals surface area contributed by atoms with E-state index in [4.69, 9.17) is 0 Å². The monoisotopic (exact) mass is 243 g/mol. The maximum absolute atomic E-state index is 12.3. The average Bonchev–Trinajstić information content (AvgIpc) is 2.88. The number of pyridine rings is 1. The topological polar surface area (TPSA) is 30.0 Å². The molecule has 86 valence electrons. The molecule has 0 unspecified atom stereocenters. The second-order valence-corrected chi connectivity index (χ2v) is 5.63. The number of fused-ring (bicyclic) bond motifs is 1. The Labute approximate surface area is 104 Å². The highest BCUT2D eigenvalue weighted by Gasteiger charge is 2.19. The van der Waals surface area contributed by atoms with Crippen molar-refractivity contribution in [1.82, 2.24) is 4.98 Å². The van der Waals surface area contributed by atoms with Crippen molar-refractivity contribution in [3.63, 3.8) is 0 Å². The van der Waals surface area contributed by atoms with Gasteiger partial charge in [0.25, 0.3) is 0 Å². The van der Waals surface area contributed by atoms with Gasteiger partial charge in [-0.25, -0.2) is 0 Å². The maximum atomic E-state index is 12.3. The number of thiophene rings is 1. The first-order valence-electron chi connectivity index (χ1n) is 5.82. The van der Waals surface area contributed by atoms with E-state index in [0.29, 0.717) is 5.56 Å². The van der Waals surface area contributed by atoms with E-state index in [9.17, 15) is 4.79 Å². The van der Waals surface area contributed by atoms with Gasteiger partial charge in [-0.3, -0.25) is 9.78 Å². The van der Waals surface area contributed by atoms with E-state index < -0.39 is 0 Å². The van der Waals surface area contributed by atoms with Crippen LogP contribution < -0.4 is 0 Å². The van der Waals surface area contributed by atoms with E-state index in [-0.39, 0.29) is 5.78 Å². The number of hydrogen-bond acceptors (Lipinski definition) is 3. The highest BCUT2D eigenvalue weighted by atomic mass is 32.1. The zero-order chi connectivity index (χ0) is 11.8. The molecule has 17 heavy (non-hydrogen) atoms. The molecule has 0 N–H and O–H groups in total. The molecular formula is C14H13NOS. The Hall–Kier alpha value is -1.48. The van der Waals surface area contributed by atoms with Gasteiger partial charge >= 0.3 is 0 Å². The number of carbonyl (C=O) groups is 1. The van der Waals surface area contributed by atoms with E-state index in [0.717, 1.165) is 23.3 Å². The van der Waals surface area contributed by atoms with E-state index in [1.165, 1.54) is 16.9 Å². The number of ketones is 1. The molecule has 0 fully saturated rings. The Bertz CT molecular complexity index is 564. The summed E-state index contributed by atoms with van der Waals surface area (Å²) < 4.78 is 0. The Morgan fingerprint density at radius 2 is 2.18 bits per heavy atom. The molecule has 2 aromatic rings. The van der Waals surface area contributed by atoms with Gasteiger partial charge in [-0.2, -0.15) is 0 Å². The lowest BCUT2D eigenvalue weighted by molar-refractivity contribution is 0.104. The van der Waals surface area contributed by atoms with E-state index >= 15 is 0 Å².